The molecule has 0 heterocycles. The summed E-state index contributed by atoms with van der Waals surface area (Å²) in [5.41, 5.74) is 7.33. The molecule has 0 fully saturated rings. The molecule has 2 rings (SSSR count). The highest BCUT2D eigenvalue weighted by Gasteiger charge is 2.30. The number of methoxy groups -OCH3 is 2. The van der Waals surface area contributed by atoms with E-state index in [0.29, 0.717) is 11.4 Å². The van der Waals surface area contributed by atoms with Crippen molar-refractivity contribution in [3.05, 3.63) is 54.1 Å². The molecule has 0 aliphatic carbocycles. The second-order valence-corrected chi connectivity index (χ2v) is 6.00. The summed E-state index contributed by atoms with van der Waals surface area (Å²) in [5, 5.41) is 9.80. The Hall–Kier alpha value is -2.18. The number of benzene rings is 2. The molecule has 3 N–H and O–H groups in total. The van der Waals surface area contributed by atoms with Gasteiger partial charge in [-0.3, -0.25) is 0 Å². The molecule has 6 heteroatoms. The lowest BCUT2D eigenvalue weighted by atomic mass is 10.1. The molecule has 23 heavy (non-hydrogen) atoms. The number of nitrogens with two attached hydrogens (primary N) is 1. The molecule has 0 aromatic heterocycles. The largest absolute Gasteiger partial charge is 0.497 e. The third-order valence-corrected chi connectivity index (χ3v) is 4.76. The van der Waals surface area contributed by atoms with Crippen LogP contribution in [0.4, 0.5) is 5.69 Å². The Labute approximate surface area is 139 Å². The number of aliphatic hydroxyl groups excluding tert-OH is 1. The number of esters is 1. The average molecular weight is 333 g/mol. The lowest BCUT2D eigenvalue weighted by Crippen LogP contribution is -2.27. The van der Waals surface area contributed by atoms with Crippen molar-refractivity contribution in [2.45, 2.75) is 16.2 Å². The van der Waals surface area contributed by atoms with Crippen LogP contribution in [0.15, 0.2) is 53.4 Å². The number of carbonyl (C=O) groups is 1. The van der Waals surface area contributed by atoms with Gasteiger partial charge in [-0.2, -0.15) is 0 Å². The van der Waals surface area contributed by atoms with Crippen LogP contribution in [-0.2, 0) is 9.53 Å². The molecular formula is C17H19NO4S. The summed E-state index contributed by atoms with van der Waals surface area (Å²) in [4.78, 5) is 12.6. The Morgan fingerprint density at radius 2 is 1.78 bits per heavy atom. The highest BCUT2D eigenvalue weighted by Crippen LogP contribution is 2.40. The average Bonchev–Trinajstić information content (AvgIpc) is 2.60. The van der Waals surface area contributed by atoms with Crippen LogP contribution in [0.1, 0.15) is 10.8 Å². The smallest absolute Gasteiger partial charge is 0.336 e. The lowest BCUT2D eigenvalue weighted by Gasteiger charge is -2.22. The van der Waals surface area contributed by atoms with Gasteiger partial charge in [0.1, 0.15) is 5.75 Å². The van der Waals surface area contributed by atoms with E-state index in [9.17, 15) is 9.90 Å². The van der Waals surface area contributed by atoms with E-state index >= 15 is 0 Å². The molecule has 122 valence electrons. The Bertz CT molecular complexity index is 660. The number of para-hydroxylation sites is 1. The Morgan fingerprint density at radius 1 is 1.13 bits per heavy atom. The standard InChI is InChI=1S/C17H19NO4S/c1-21-12-9-7-11(8-10-12)16(15(19)17(20)22-2)23-14-6-4-3-5-13(14)18/h3-10,15-16,19H,18H2,1-2H3/t15-,16+/m0/s1. The summed E-state index contributed by atoms with van der Waals surface area (Å²) in [6.45, 7) is 0. The summed E-state index contributed by atoms with van der Waals surface area (Å²) in [5.74, 6) is 0.0112. The minimum atomic E-state index is -1.31. The fourth-order valence-electron chi connectivity index (χ4n) is 2.08. The van der Waals surface area contributed by atoms with Crippen molar-refractivity contribution >= 4 is 23.4 Å². The number of anilines is 1. The zero-order valence-corrected chi connectivity index (χ0v) is 13.7. The van der Waals surface area contributed by atoms with Gasteiger partial charge in [0.05, 0.1) is 19.5 Å². The third kappa shape index (κ3) is 4.18. The van der Waals surface area contributed by atoms with Gasteiger partial charge in [0.25, 0.3) is 0 Å². The summed E-state index contributed by atoms with van der Waals surface area (Å²) in [6, 6.07) is 14.5. The van der Waals surface area contributed by atoms with Gasteiger partial charge in [-0.05, 0) is 29.8 Å². The van der Waals surface area contributed by atoms with E-state index in [4.69, 9.17) is 10.5 Å². The number of thioether (sulfide) groups is 1. The van der Waals surface area contributed by atoms with Crippen LogP contribution in [0.3, 0.4) is 0 Å². The molecule has 2 atom stereocenters. The maximum Gasteiger partial charge on any atom is 0.336 e. The number of ether oxygens (including phenoxy) is 2. The van der Waals surface area contributed by atoms with Gasteiger partial charge in [0, 0.05) is 10.6 Å². The van der Waals surface area contributed by atoms with Gasteiger partial charge >= 0.3 is 5.97 Å². The second-order valence-electron chi connectivity index (χ2n) is 4.82. The number of carbonyl (C=O) groups excluding carboxylic acids is 1. The Kier molecular flexibility index (Phi) is 5.90. The van der Waals surface area contributed by atoms with Crippen molar-refractivity contribution in [2.75, 3.05) is 20.0 Å². The third-order valence-electron chi connectivity index (χ3n) is 3.35. The maximum atomic E-state index is 11.8. The van der Waals surface area contributed by atoms with Crippen LogP contribution in [0.2, 0.25) is 0 Å². The van der Waals surface area contributed by atoms with E-state index in [1.54, 1.807) is 25.3 Å². The molecule has 0 unspecified atom stereocenters. The quantitative estimate of drug-likeness (QED) is 0.480. The van der Waals surface area contributed by atoms with E-state index < -0.39 is 17.3 Å². The van der Waals surface area contributed by atoms with E-state index in [0.717, 1.165) is 10.5 Å². The molecule has 2 aromatic rings. The topological polar surface area (TPSA) is 81.8 Å². The van der Waals surface area contributed by atoms with Gasteiger partial charge in [-0.1, -0.05) is 24.3 Å². The predicted octanol–water partition coefficient (Wildman–Crippen LogP) is 2.64. The van der Waals surface area contributed by atoms with Crippen molar-refractivity contribution in [3.8, 4) is 5.75 Å². The van der Waals surface area contributed by atoms with E-state index in [1.807, 2.05) is 30.3 Å². The number of hydrogen-bond acceptors (Lipinski definition) is 6. The van der Waals surface area contributed by atoms with Crippen LogP contribution in [0.5, 0.6) is 5.75 Å². The molecule has 0 radical (unpaired) electrons. The Balaban J connectivity index is 2.34. The first-order valence-electron chi connectivity index (χ1n) is 6.97. The second kappa shape index (κ2) is 7.89. The Morgan fingerprint density at radius 3 is 2.35 bits per heavy atom. The van der Waals surface area contributed by atoms with Crippen molar-refractivity contribution in [2.24, 2.45) is 0 Å². The summed E-state index contributed by atoms with van der Waals surface area (Å²) in [6.07, 6.45) is -1.31. The van der Waals surface area contributed by atoms with Crippen LogP contribution in [-0.4, -0.2) is 31.4 Å². The highest BCUT2D eigenvalue weighted by molar-refractivity contribution is 7.99. The number of hydrogen-bond donors (Lipinski definition) is 2. The highest BCUT2D eigenvalue weighted by atomic mass is 32.2. The molecule has 0 saturated heterocycles. The van der Waals surface area contributed by atoms with Crippen molar-refractivity contribution in [1.82, 2.24) is 0 Å². The molecule has 0 aliphatic heterocycles. The maximum absolute atomic E-state index is 11.8. The predicted molar refractivity (Wildman–Crippen MR) is 90.5 cm³/mol. The normalized spacial score (nSPS) is 13.2. The number of rotatable bonds is 6. The van der Waals surface area contributed by atoms with Crippen LogP contribution >= 0.6 is 11.8 Å². The number of aliphatic hydroxyl groups is 1. The fraction of sp³-hybridized carbons (Fsp3) is 0.235. The van der Waals surface area contributed by atoms with E-state index in [-0.39, 0.29) is 0 Å². The zero-order chi connectivity index (χ0) is 16.8. The lowest BCUT2D eigenvalue weighted by molar-refractivity contribution is -0.150. The zero-order valence-electron chi connectivity index (χ0n) is 12.9. The van der Waals surface area contributed by atoms with Crippen LogP contribution < -0.4 is 10.5 Å². The minimum Gasteiger partial charge on any atom is -0.497 e. The van der Waals surface area contributed by atoms with Gasteiger partial charge in [-0.25, -0.2) is 4.79 Å². The molecule has 0 aliphatic rings. The van der Waals surface area contributed by atoms with Crippen molar-refractivity contribution in [1.29, 1.82) is 0 Å². The van der Waals surface area contributed by atoms with Crippen molar-refractivity contribution in [3.63, 3.8) is 0 Å². The van der Waals surface area contributed by atoms with Crippen LogP contribution in [0.25, 0.3) is 0 Å². The van der Waals surface area contributed by atoms with Gasteiger partial charge < -0.3 is 20.3 Å². The summed E-state index contributed by atoms with van der Waals surface area (Å²) >= 11 is 1.32. The molecule has 0 spiro atoms. The van der Waals surface area contributed by atoms with Gasteiger partial charge in [-0.15, -0.1) is 11.8 Å². The number of nitrogen functional groups attached to an aromatic ring is 1. The fourth-order valence-corrected chi connectivity index (χ4v) is 3.25. The molecule has 0 bridgehead atoms. The van der Waals surface area contributed by atoms with Crippen molar-refractivity contribution < 1.29 is 19.4 Å². The molecule has 2 aromatic carbocycles. The first-order chi connectivity index (χ1) is 11.1. The molecule has 0 amide bonds. The molecule has 0 saturated carbocycles. The van der Waals surface area contributed by atoms with Gasteiger partial charge in [0.15, 0.2) is 6.10 Å². The van der Waals surface area contributed by atoms with E-state index in [1.165, 1.54) is 18.9 Å². The first-order valence-corrected chi connectivity index (χ1v) is 7.85. The molecular weight excluding hydrogens is 314 g/mol. The summed E-state index contributed by atoms with van der Waals surface area (Å²) < 4.78 is 9.80. The summed E-state index contributed by atoms with van der Waals surface area (Å²) in [7, 11) is 2.83. The van der Waals surface area contributed by atoms with E-state index in [2.05, 4.69) is 4.74 Å². The first kappa shape index (κ1) is 17.2. The molecule has 5 nitrogen and oxygen atoms in total. The SMILES string of the molecule is COC(=O)[C@@H](O)[C@H](Sc1ccccc1N)c1ccc(OC)cc1. The van der Waals surface area contributed by atoms with Crippen LogP contribution in [0, 0.1) is 0 Å². The van der Waals surface area contributed by atoms with Gasteiger partial charge in [0.2, 0.25) is 0 Å². The minimum absolute atomic E-state index is 0.543. The monoisotopic (exact) mass is 333 g/mol.